The highest BCUT2D eigenvalue weighted by molar-refractivity contribution is 8.03. The highest BCUT2D eigenvalue weighted by Crippen LogP contribution is 2.51. The number of carbonyl (C=O) groups excluding carboxylic acids is 3. The van der Waals surface area contributed by atoms with Gasteiger partial charge in [0, 0.05) is 55.8 Å². The molecule has 0 radical (unpaired) electrons. The number of fused-ring (bicyclic) bond motifs is 1. The van der Waals surface area contributed by atoms with Crippen molar-refractivity contribution in [2.75, 3.05) is 46.3 Å². The fourth-order valence-electron chi connectivity index (χ4n) is 5.62. The first kappa shape index (κ1) is 27.2. The average Bonchev–Trinajstić information content (AvgIpc) is 3.40. The summed E-state index contributed by atoms with van der Waals surface area (Å²) in [7, 11) is 1.58. The number of likely N-dealkylation sites (N-methyl/N-ethyl adjacent to an activating group) is 1. The maximum atomic E-state index is 13.1. The molecule has 3 fully saturated rings. The van der Waals surface area contributed by atoms with Crippen LogP contribution in [-0.2, 0) is 19.2 Å². The molecule has 13 nitrogen and oxygen atoms in total. The van der Waals surface area contributed by atoms with Crippen molar-refractivity contribution in [3.63, 3.8) is 0 Å². The fourth-order valence-corrected chi connectivity index (χ4v) is 7.10. The number of hydrogen-bond acceptors (Lipinski definition) is 8. The van der Waals surface area contributed by atoms with Gasteiger partial charge in [-0.25, -0.2) is 4.79 Å². The highest BCUT2D eigenvalue weighted by atomic mass is 32.2. The molecule has 0 aromatic heterocycles. The van der Waals surface area contributed by atoms with E-state index in [2.05, 4.69) is 5.32 Å². The second kappa shape index (κ2) is 10.5. The van der Waals surface area contributed by atoms with Crippen molar-refractivity contribution in [1.82, 2.24) is 24.9 Å². The van der Waals surface area contributed by atoms with E-state index in [9.17, 15) is 29.4 Å². The van der Waals surface area contributed by atoms with Crippen molar-refractivity contribution in [3.8, 4) is 0 Å². The van der Waals surface area contributed by atoms with E-state index >= 15 is 0 Å². The van der Waals surface area contributed by atoms with Crippen LogP contribution >= 0.6 is 11.8 Å². The number of hydrogen-bond donors (Lipinski definition) is 5. The number of carboxylic acids is 1. The molecule has 3 amide bonds. The van der Waals surface area contributed by atoms with E-state index in [1.54, 1.807) is 23.8 Å². The number of rotatable bonds is 7. The van der Waals surface area contributed by atoms with E-state index < -0.39 is 24.0 Å². The Morgan fingerprint density at radius 3 is 2.43 bits per heavy atom. The zero-order chi connectivity index (χ0) is 27.2. The summed E-state index contributed by atoms with van der Waals surface area (Å²) < 4.78 is 0. The maximum absolute atomic E-state index is 13.1. The number of nitrogens with two attached hydrogens (primary N) is 1. The Kier molecular flexibility index (Phi) is 7.72. The lowest BCUT2D eigenvalue weighted by molar-refractivity contribution is -0.163. The Balaban J connectivity index is 1.32. The van der Waals surface area contributed by atoms with Crippen LogP contribution in [-0.4, -0.2) is 129 Å². The summed E-state index contributed by atoms with van der Waals surface area (Å²) >= 11 is 1.41. The summed E-state index contributed by atoms with van der Waals surface area (Å²) in [6.07, 6.45) is -0.329. The van der Waals surface area contributed by atoms with Gasteiger partial charge in [-0.05, 0) is 13.3 Å². The van der Waals surface area contributed by atoms with Crippen LogP contribution in [0.4, 0.5) is 0 Å². The SMILES string of the molecule is CC(O)C1C(=O)N2C(C(=O)O)=C(SC3CNC(C(=O)N4CCN(C(=O)CN(C)C(=N)N)CC4)C3)C(C)C12. The number of β-lactam (4-membered cyclic amide) rings is 1. The first-order chi connectivity index (χ1) is 17.4. The monoisotopic (exact) mass is 537 g/mol. The van der Waals surface area contributed by atoms with Gasteiger partial charge in [0.25, 0.3) is 0 Å². The lowest BCUT2D eigenvalue weighted by Gasteiger charge is -2.46. The van der Waals surface area contributed by atoms with Gasteiger partial charge >= 0.3 is 5.97 Å². The summed E-state index contributed by atoms with van der Waals surface area (Å²) in [5.41, 5.74) is 5.39. The molecule has 14 heteroatoms. The molecule has 4 aliphatic rings. The van der Waals surface area contributed by atoms with Gasteiger partial charge in [0.15, 0.2) is 5.96 Å². The Bertz CT molecular complexity index is 1030. The van der Waals surface area contributed by atoms with Gasteiger partial charge in [0.1, 0.15) is 5.70 Å². The molecular weight excluding hydrogens is 502 g/mol. The van der Waals surface area contributed by atoms with Gasteiger partial charge in [0.05, 0.1) is 30.7 Å². The van der Waals surface area contributed by atoms with Crippen LogP contribution in [0.2, 0.25) is 0 Å². The molecule has 37 heavy (non-hydrogen) atoms. The molecule has 3 saturated heterocycles. The third-order valence-corrected chi connectivity index (χ3v) is 9.23. The van der Waals surface area contributed by atoms with Gasteiger partial charge in [-0.3, -0.25) is 19.8 Å². The smallest absolute Gasteiger partial charge is 0.353 e. The summed E-state index contributed by atoms with van der Waals surface area (Å²) in [5.74, 6) is -2.70. The predicted molar refractivity (Wildman–Crippen MR) is 135 cm³/mol. The predicted octanol–water partition coefficient (Wildman–Crippen LogP) is -1.90. The molecule has 0 aliphatic carbocycles. The van der Waals surface area contributed by atoms with Crippen LogP contribution in [0.25, 0.3) is 0 Å². The molecule has 0 bridgehead atoms. The van der Waals surface area contributed by atoms with E-state index in [0.29, 0.717) is 44.0 Å². The standard InChI is InChI=1S/C23H35N7O6S/c1-11-17-16(12(2)31)21(34)30(17)18(22(35)36)19(11)37-13-8-14(26-9-13)20(33)29-6-4-28(5-7-29)15(32)10-27(3)23(24)25/h11-14,16-17,26,31H,4-10H2,1-3H3,(H3,24,25)(H,35,36). The zero-order valence-electron chi connectivity index (χ0n) is 21.2. The fraction of sp³-hybridized carbons (Fsp3) is 0.696. The first-order valence-corrected chi connectivity index (χ1v) is 13.3. The summed E-state index contributed by atoms with van der Waals surface area (Å²) in [4.78, 5) is 56.8. The van der Waals surface area contributed by atoms with Crippen LogP contribution in [0, 0.1) is 17.2 Å². The molecule has 4 rings (SSSR count). The molecule has 6 N–H and O–H groups in total. The number of nitrogens with zero attached hydrogens (tertiary/aromatic N) is 4. The lowest BCUT2D eigenvalue weighted by Crippen LogP contribution is -2.63. The van der Waals surface area contributed by atoms with E-state index in [1.807, 2.05) is 6.92 Å². The zero-order valence-corrected chi connectivity index (χ0v) is 22.0. The number of carbonyl (C=O) groups is 4. The van der Waals surface area contributed by atoms with Crippen LogP contribution in [0.5, 0.6) is 0 Å². The Labute approximate surface area is 219 Å². The highest BCUT2D eigenvalue weighted by Gasteiger charge is 2.60. The summed E-state index contributed by atoms with van der Waals surface area (Å²) in [6, 6.07) is -0.764. The molecular formula is C23H35N7O6S. The Hall–Kier alpha value is -2.84. The molecule has 0 saturated carbocycles. The van der Waals surface area contributed by atoms with E-state index in [-0.39, 0.29) is 53.1 Å². The van der Waals surface area contributed by atoms with Crippen LogP contribution in [0.3, 0.4) is 0 Å². The number of piperazine rings is 1. The molecule has 0 spiro atoms. The van der Waals surface area contributed by atoms with Crippen LogP contribution in [0.15, 0.2) is 10.6 Å². The Morgan fingerprint density at radius 1 is 1.24 bits per heavy atom. The van der Waals surface area contributed by atoms with Crippen molar-refractivity contribution < 1.29 is 29.4 Å². The van der Waals surface area contributed by atoms with Crippen LogP contribution in [0.1, 0.15) is 20.3 Å². The average molecular weight is 538 g/mol. The Morgan fingerprint density at radius 2 is 1.86 bits per heavy atom. The van der Waals surface area contributed by atoms with Crippen LogP contribution < -0.4 is 11.1 Å². The minimum Gasteiger partial charge on any atom is -0.477 e. The number of aliphatic hydroxyl groups is 1. The molecule has 6 unspecified atom stereocenters. The van der Waals surface area contributed by atoms with Crippen molar-refractivity contribution in [3.05, 3.63) is 10.6 Å². The van der Waals surface area contributed by atoms with Gasteiger partial charge in [-0.2, -0.15) is 0 Å². The number of nitrogens with one attached hydrogen (secondary N) is 2. The third-order valence-electron chi connectivity index (χ3n) is 7.72. The largest absolute Gasteiger partial charge is 0.477 e. The number of aliphatic hydroxyl groups excluding tert-OH is 1. The summed E-state index contributed by atoms with van der Waals surface area (Å²) in [5, 5.41) is 30.5. The van der Waals surface area contributed by atoms with Gasteiger partial charge in [0.2, 0.25) is 17.7 Å². The molecule has 4 aliphatic heterocycles. The number of carboxylic acid groups (broad SMARTS) is 1. The van der Waals surface area contributed by atoms with Gasteiger partial charge < -0.3 is 40.9 Å². The third kappa shape index (κ3) is 5.01. The molecule has 204 valence electrons. The minimum atomic E-state index is -1.16. The second-order valence-corrected chi connectivity index (χ2v) is 11.5. The lowest BCUT2D eigenvalue weighted by atomic mass is 9.79. The second-order valence-electron chi connectivity index (χ2n) is 10.2. The van der Waals surface area contributed by atoms with Crippen molar-refractivity contribution in [2.45, 2.75) is 43.7 Å². The normalized spacial score (nSPS) is 30.2. The first-order valence-electron chi connectivity index (χ1n) is 12.4. The molecule has 0 aromatic rings. The molecule has 0 aromatic carbocycles. The molecule has 6 atom stereocenters. The number of amides is 3. The van der Waals surface area contributed by atoms with E-state index in [1.165, 1.54) is 21.6 Å². The molecule has 4 heterocycles. The quantitative estimate of drug-likeness (QED) is 0.140. The maximum Gasteiger partial charge on any atom is 0.353 e. The van der Waals surface area contributed by atoms with Crippen molar-refractivity contribution >= 4 is 41.4 Å². The topological polar surface area (TPSA) is 184 Å². The van der Waals surface area contributed by atoms with Crippen molar-refractivity contribution in [1.29, 1.82) is 5.41 Å². The number of aliphatic carboxylic acids is 1. The van der Waals surface area contributed by atoms with Crippen molar-refractivity contribution in [2.24, 2.45) is 17.6 Å². The van der Waals surface area contributed by atoms with Gasteiger partial charge in [-0.1, -0.05) is 6.92 Å². The van der Waals surface area contributed by atoms with E-state index in [0.717, 1.165) is 0 Å². The number of guanidine groups is 1. The van der Waals surface area contributed by atoms with E-state index in [4.69, 9.17) is 11.1 Å². The van der Waals surface area contributed by atoms with Gasteiger partial charge in [-0.15, -0.1) is 11.8 Å². The summed E-state index contributed by atoms with van der Waals surface area (Å²) in [6.45, 7) is 5.61. The number of thioether (sulfide) groups is 1. The minimum absolute atomic E-state index is 0.00427.